The Kier molecular flexibility index (Phi) is 8.95. The number of thioether (sulfide) groups is 1. The maximum absolute atomic E-state index is 13.3. The van der Waals surface area contributed by atoms with Crippen LogP contribution in [-0.4, -0.2) is 34.6 Å². The van der Waals surface area contributed by atoms with Gasteiger partial charge in [0, 0.05) is 18.3 Å². The molecule has 0 aromatic heterocycles. The normalized spacial score (nSPS) is 15.3. The molecule has 0 radical (unpaired) electrons. The van der Waals surface area contributed by atoms with Gasteiger partial charge in [-0.05, 0) is 43.0 Å². The molecule has 4 nitrogen and oxygen atoms in total. The van der Waals surface area contributed by atoms with Gasteiger partial charge in [0.25, 0.3) is 0 Å². The summed E-state index contributed by atoms with van der Waals surface area (Å²) >= 11 is 1.54. The summed E-state index contributed by atoms with van der Waals surface area (Å²) in [5.41, 5.74) is 1.97. The van der Waals surface area contributed by atoms with Crippen molar-refractivity contribution in [2.75, 3.05) is 5.75 Å². The highest BCUT2D eigenvalue weighted by Gasteiger charge is 2.28. The van der Waals surface area contributed by atoms with Gasteiger partial charge in [-0.3, -0.25) is 9.59 Å². The lowest BCUT2D eigenvalue weighted by Gasteiger charge is -2.31. The summed E-state index contributed by atoms with van der Waals surface area (Å²) in [5.74, 6) is 0.506. The van der Waals surface area contributed by atoms with Gasteiger partial charge in [-0.15, -0.1) is 11.8 Å². The third-order valence-corrected chi connectivity index (χ3v) is 6.71. The van der Waals surface area contributed by atoms with E-state index < -0.39 is 6.04 Å². The number of carbonyl (C=O) groups is 2. The molecule has 0 saturated heterocycles. The predicted octanol–water partition coefficient (Wildman–Crippen LogP) is 4.93. The van der Waals surface area contributed by atoms with E-state index >= 15 is 0 Å². The Labute approximate surface area is 188 Å². The van der Waals surface area contributed by atoms with Crippen LogP contribution in [-0.2, 0) is 21.9 Å². The highest BCUT2D eigenvalue weighted by Crippen LogP contribution is 2.19. The monoisotopic (exact) mass is 442 g/mol. The van der Waals surface area contributed by atoms with Crippen LogP contribution in [0.2, 0.25) is 0 Å². The zero-order chi connectivity index (χ0) is 22.1. The third-order valence-electron chi connectivity index (χ3n) is 5.72. The molecular weight excluding hydrogens is 411 g/mol. The highest BCUT2D eigenvalue weighted by atomic mass is 32.2. The van der Waals surface area contributed by atoms with Gasteiger partial charge in [0.15, 0.2) is 0 Å². The molecule has 1 aliphatic carbocycles. The Balaban J connectivity index is 1.64. The number of amides is 2. The lowest BCUT2D eigenvalue weighted by Crippen LogP contribution is -2.50. The van der Waals surface area contributed by atoms with E-state index in [-0.39, 0.29) is 36.0 Å². The van der Waals surface area contributed by atoms with Gasteiger partial charge in [0.05, 0.1) is 5.75 Å². The standard InChI is InChI=1S/C25H31FN2O2S/c1-19(25(30)27-23-10-6-3-7-11-23)28(16-20-12-14-22(26)15-13-20)24(29)18-31-17-21-8-4-2-5-9-21/h2,4-5,8-9,12-15,19,23H,3,6-7,10-11,16-18H2,1H3,(H,27,30)/t19-/m0/s1. The molecule has 0 bridgehead atoms. The van der Waals surface area contributed by atoms with Gasteiger partial charge < -0.3 is 10.2 Å². The first-order valence-corrected chi connectivity index (χ1v) is 12.1. The molecule has 3 rings (SSSR count). The molecule has 1 atom stereocenters. The second kappa shape index (κ2) is 11.9. The number of rotatable bonds is 9. The summed E-state index contributed by atoms with van der Waals surface area (Å²) in [7, 11) is 0. The fourth-order valence-electron chi connectivity index (χ4n) is 3.85. The Morgan fingerprint density at radius 2 is 1.71 bits per heavy atom. The molecule has 2 aromatic carbocycles. The van der Waals surface area contributed by atoms with Crippen molar-refractivity contribution in [1.29, 1.82) is 0 Å². The summed E-state index contributed by atoms with van der Waals surface area (Å²) in [6.45, 7) is 2.06. The second-order valence-electron chi connectivity index (χ2n) is 8.15. The molecule has 166 valence electrons. The predicted molar refractivity (Wildman–Crippen MR) is 124 cm³/mol. The van der Waals surface area contributed by atoms with Crippen LogP contribution in [0.5, 0.6) is 0 Å². The molecule has 1 N–H and O–H groups in total. The summed E-state index contributed by atoms with van der Waals surface area (Å²) < 4.78 is 13.3. The van der Waals surface area contributed by atoms with Crippen molar-refractivity contribution in [2.45, 2.75) is 63.4 Å². The number of halogens is 1. The molecule has 0 heterocycles. The van der Waals surface area contributed by atoms with Gasteiger partial charge in [-0.1, -0.05) is 61.7 Å². The maximum atomic E-state index is 13.3. The zero-order valence-corrected chi connectivity index (χ0v) is 18.9. The molecule has 6 heteroatoms. The van der Waals surface area contributed by atoms with E-state index in [1.54, 1.807) is 24.0 Å². The van der Waals surface area contributed by atoms with Crippen LogP contribution >= 0.6 is 11.8 Å². The number of nitrogens with zero attached hydrogens (tertiary/aromatic N) is 1. The Morgan fingerprint density at radius 1 is 1.03 bits per heavy atom. The smallest absolute Gasteiger partial charge is 0.242 e. The molecule has 0 unspecified atom stereocenters. The number of nitrogens with one attached hydrogen (secondary N) is 1. The topological polar surface area (TPSA) is 49.4 Å². The minimum atomic E-state index is -0.586. The summed E-state index contributed by atoms with van der Waals surface area (Å²) in [6, 6.07) is 15.7. The quantitative estimate of drug-likeness (QED) is 0.599. The SMILES string of the molecule is C[C@@H](C(=O)NC1CCCCC1)N(Cc1ccc(F)cc1)C(=O)CSCc1ccccc1. The molecule has 0 spiro atoms. The molecular formula is C25H31FN2O2S. The molecule has 1 fully saturated rings. The summed E-state index contributed by atoms with van der Waals surface area (Å²) in [4.78, 5) is 27.6. The van der Waals surface area contributed by atoms with E-state index in [0.29, 0.717) is 0 Å². The van der Waals surface area contributed by atoms with Gasteiger partial charge >= 0.3 is 0 Å². The zero-order valence-electron chi connectivity index (χ0n) is 18.1. The Hall–Kier alpha value is -2.34. The number of benzene rings is 2. The lowest BCUT2D eigenvalue weighted by atomic mass is 9.95. The fraction of sp³-hybridized carbons (Fsp3) is 0.440. The Bertz CT molecular complexity index is 838. The number of hydrogen-bond acceptors (Lipinski definition) is 3. The van der Waals surface area contributed by atoms with Crippen LogP contribution in [0.15, 0.2) is 54.6 Å². The first-order chi connectivity index (χ1) is 15.0. The first-order valence-electron chi connectivity index (χ1n) is 11.0. The van der Waals surface area contributed by atoms with Crippen molar-refractivity contribution in [3.63, 3.8) is 0 Å². The summed E-state index contributed by atoms with van der Waals surface area (Å²) in [5, 5.41) is 3.13. The van der Waals surface area contributed by atoms with Crippen molar-refractivity contribution >= 4 is 23.6 Å². The second-order valence-corrected chi connectivity index (χ2v) is 9.13. The first kappa shape index (κ1) is 23.3. The van der Waals surface area contributed by atoms with Gasteiger partial charge in [-0.2, -0.15) is 0 Å². The van der Waals surface area contributed by atoms with Crippen LogP contribution in [0.4, 0.5) is 4.39 Å². The molecule has 1 aliphatic rings. The van der Waals surface area contributed by atoms with E-state index in [4.69, 9.17) is 0 Å². The van der Waals surface area contributed by atoms with E-state index in [1.165, 1.54) is 30.3 Å². The van der Waals surface area contributed by atoms with Crippen LogP contribution in [0.25, 0.3) is 0 Å². The van der Waals surface area contributed by atoms with E-state index in [1.807, 2.05) is 30.3 Å². The fourth-order valence-corrected chi connectivity index (χ4v) is 4.72. The van der Waals surface area contributed by atoms with E-state index in [9.17, 15) is 14.0 Å². The maximum Gasteiger partial charge on any atom is 0.242 e. The minimum Gasteiger partial charge on any atom is -0.352 e. The lowest BCUT2D eigenvalue weighted by molar-refractivity contribution is -0.139. The third kappa shape index (κ3) is 7.39. The van der Waals surface area contributed by atoms with Crippen molar-refractivity contribution in [1.82, 2.24) is 10.2 Å². The van der Waals surface area contributed by atoms with Crippen LogP contribution in [0.1, 0.15) is 50.2 Å². The van der Waals surface area contributed by atoms with Crippen molar-refractivity contribution in [3.05, 3.63) is 71.5 Å². The molecule has 0 aliphatic heterocycles. The van der Waals surface area contributed by atoms with Crippen molar-refractivity contribution < 1.29 is 14.0 Å². The van der Waals surface area contributed by atoms with Crippen LogP contribution in [0, 0.1) is 5.82 Å². The molecule has 2 aromatic rings. The number of hydrogen-bond donors (Lipinski definition) is 1. The van der Waals surface area contributed by atoms with Crippen LogP contribution in [0.3, 0.4) is 0 Å². The molecule has 2 amide bonds. The summed E-state index contributed by atoms with van der Waals surface area (Å²) in [6.07, 6.45) is 5.48. The Morgan fingerprint density at radius 3 is 2.39 bits per heavy atom. The number of carbonyl (C=O) groups excluding carboxylic acids is 2. The van der Waals surface area contributed by atoms with Gasteiger partial charge in [-0.25, -0.2) is 4.39 Å². The van der Waals surface area contributed by atoms with E-state index in [2.05, 4.69) is 5.32 Å². The van der Waals surface area contributed by atoms with Gasteiger partial charge in [0.2, 0.25) is 11.8 Å². The average Bonchev–Trinajstić information content (AvgIpc) is 2.79. The van der Waals surface area contributed by atoms with Crippen molar-refractivity contribution in [2.24, 2.45) is 0 Å². The van der Waals surface area contributed by atoms with Crippen molar-refractivity contribution in [3.8, 4) is 0 Å². The average molecular weight is 443 g/mol. The highest BCUT2D eigenvalue weighted by molar-refractivity contribution is 7.99. The largest absolute Gasteiger partial charge is 0.352 e. The molecule has 1 saturated carbocycles. The minimum absolute atomic E-state index is 0.0865. The molecule has 31 heavy (non-hydrogen) atoms. The van der Waals surface area contributed by atoms with Gasteiger partial charge in [0.1, 0.15) is 11.9 Å². The van der Waals surface area contributed by atoms with Crippen LogP contribution < -0.4 is 5.32 Å². The van der Waals surface area contributed by atoms with E-state index in [0.717, 1.165) is 42.6 Å².